The molecule has 4 nitrogen and oxygen atoms in total. The average Bonchev–Trinajstić information content (AvgIpc) is 2.67. The van der Waals surface area contributed by atoms with E-state index in [0.717, 1.165) is 19.3 Å². The Balaban J connectivity index is 2.03. The molecule has 2 rings (SSSR count). The van der Waals surface area contributed by atoms with Gasteiger partial charge in [0.15, 0.2) is 0 Å². The van der Waals surface area contributed by atoms with Gasteiger partial charge in [-0.2, -0.15) is 0 Å². The Bertz CT molecular complexity index is 351. The first kappa shape index (κ1) is 10.4. The van der Waals surface area contributed by atoms with E-state index in [9.17, 15) is 4.79 Å². The standard InChI is InChI=1S/C10H14N2O2S/c1-14-12-10(13)11-8-3-2-4-9-7(8)5-6-15-9/h5-6,8H,2-4H2,1H3,(H2,11,12,13). The molecule has 0 fully saturated rings. The summed E-state index contributed by atoms with van der Waals surface area (Å²) < 4.78 is 0. The van der Waals surface area contributed by atoms with E-state index in [4.69, 9.17) is 0 Å². The number of carbonyl (C=O) groups excluding carboxylic acids is 1. The molecule has 1 aliphatic carbocycles. The topological polar surface area (TPSA) is 50.4 Å². The SMILES string of the molecule is CONC(=O)NC1CCCc2sccc21. The summed E-state index contributed by atoms with van der Waals surface area (Å²) >= 11 is 1.77. The van der Waals surface area contributed by atoms with Crippen molar-refractivity contribution in [3.63, 3.8) is 0 Å². The van der Waals surface area contributed by atoms with E-state index < -0.39 is 0 Å². The van der Waals surface area contributed by atoms with Crippen molar-refractivity contribution in [3.05, 3.63) is 21.9 Å². The Labute approximate surface area is 92.6 Å². The molecule has 2 N–H and O–H groups in total. The first-order chi connectivity index (χ1) is 7.31. The molecular formula is C10H14N2O2S. The van der Waals surface area contributed by atoms with Gasteiger partial charge in [0.05, 0.1) is 13.2 Å². The largest absolute Gasteiger partial charge is 0.339 e. The van der Waals surface area contributed by atoms with Crippen LogP contribution in [0.1, 0.15) is 29.3 Å². The first-order valence-corrected chi connectivity index (χ1v) is 5.85. The molecule has 1 aromatic heterocycles. The minimum absolute atomic E-state index is 0.134. The van der Waals surface area contributed by atoms with Crippen LogP contribution in [-0.2, 0) is 11.3 Å². The molecule has 0 aromatic carbocycles. The van der Waals surface area contributed by atoms with Crippen LogP contribution in [-0.4, -0.2) is 13.1 Å². The Morgan fingerprint density at radius 2 is 2.53 bits per heavy atom. The van der Waals surface area contributed by atoms with Crippen LogP contribution >= 0.6 is 11.3 Å². The maximum Gasteiger partial charge on any atom is 0.339 e. The highest BCUT2D eigenvalue weighted by atomic mass is 32.1. The van der Waals surface area contributed by atoms with E-state index >= 15 is 0 Å². The van der Waals surface area contributed by atoms with Crippen LogP contribution in [0, 0.1) is 0 Å². The fraction of sp³-hybridized carbons (Fsp3) is 0.500. The molecule has 0 spiro atoms. The van der Waals surface area contributed by atoms with Crippen molar-refractivity contribution >= 4 is 17.4 Å². The smallest absolute Gasteiger partial charge is 0.330 e. The van der Waals surface area contributed by atoms with Gasteiger partial charge in [0.1, 0.15) is 0 Å². The van der Waals surface area contributed by atoms with Gasteiger partial charge in [-0.25, -0.2) is 10.3 Å². The van der Waals surface area contributed by atoms with E-state index in [1.54, 1.807) is 11.3 Å². The molecule has 82 valence electrons. The molecule has 0 radical (unpaired) electrons. The number of aryl methyl sites for hydroxylation is 1. The van der Waals surface area contributed by atoms with Gasteiger partial charge in [0, 0.05) is 4.88 Å². The van der Waals surface area contributed by atoms with E-state index in [1.165, 1.54) is 17.6 Å². The molecule has 0 aliphatic heterocycles. The number of rotatable bonds is 2. The van der Waals surface area contributed by atoms with Gasteiger partial charge in [-0.1, -0.05) is 0 Å². The Morgan fingerprint density at radius 3 is 3.33 bits per heavy atom. The van der Waals surface area contributed by atoms with Crippen LogP contribution in [0.15, 0.2) is 11.4 Å². The summed E-state index contributed by atoms with van der Waals surface area (Å²) in [7, 11) is 1.43. The van der Waals surface area contributed by atoms with E-state index in [0.29, 0.717) is 0 Å². The fourth-order valence-electron chi connectivity index (χ4n) is 1.92. The molecule has 15 heavy (non-hydrogen) atoms. The van der Waals surface area contributed by atoms with Gasteiger partial charge < -0.3 is 5.32 Å². The van der Waals surface area contributed by atoms with Crippen molar-refractivity contribution in [2.75, 3.05) is 7.11 Å². The van der Waals surface area contributed by atoms with Crippen molar-refractivity contribution in [2.45, 2.75) is 25.3 Å². The molecule has 1 aromatic rings. The zero-order valence-corrected chi connectivity index (χ0v) is 9.39. The Morgan fingerprint density at radius 1 is 1.67 bits per heavy atom. The van der Waals surface area contributed by atoms with Crippen molar-refractivity contribution in [2.24, 2.45) is 0 Å². The Hall–Kier alpha value is -1.07. The summed E-state index contributed by atoms with van der Waals surface area (Å²) in [6, 6.07) is 1.95. The van der Waals surface area contributed by atoms with Gasteiger partial charge >= 0.3 is 6.03 Å². The third kappa shape index (κ3) is 2.30. The number of thiophene rings is 1. The lowest BCUT2D eigenvalue weighted by molar-refractivity contribution is 0.105. The predicted molar refractivity (Wildman–Crippen MR) is 58.7 cm³/mol. The van der Waals surface area contributed by atoms with Crippen LogP contribution in [0.3, 0.4) is 0 Å². The van der Waals surface area contributed by atoms with Crippen molar-refractivity contribution in [3.8, 4) is 0 Å². The number of hydrogen-bond donors (Lipinski definition) is 2. The van der Waals surface area contributed by atoms with Crippen LogP contribution < -0.4 is 10.8 Å². The zero-order chi connectivity index (χ0) is 10.7. The lowest BCUT2D eigenvalue weighted by Gasteiger charge is -2.23. The molecule has 0 bridgehead atoms. The number of fused-ring (bicyclic) bond motifs is 1. The number of hydroxylamine groups is 1. The number of urea groups is 1. The summed E-state index contributed by atoms with van der Waals surface area (Å²) in [5, 5.41) is 4.98. The molecule has 1 atom stereocenters. The Kier molecular flexibility index (Phi) is 3.23. The summed E-state index contributed by atoms with van der Waals surface area (Å²) in [4.78, 5) is 17.2. The molecule has 1 unspecified atom stereocenters. The van der Waals surface area contributed by atoms with Gasteiger partial charge in [-0.3, -0.25) is 4.84 Å². The van der Waals surface area contributed by atoms with Crippen LogP contribution in [0.2, 0.25) is 0 Å². The second-order valence-corrected chi connectivity index (χ2v) is 4.52. The average molecular weight is 226 g/mol. The summed E-state index contributed by atoms with van der Waals surface area (Å²) in [5.74, 6) is 0. The fourth-order valence-corrected chi connectivity index (χ4v) is 2.90. The molecule has 0 saturated carbocycles. The highest BCUT2D eigenvalue weighted by Crippen LogP contribution is 2.32. The van der Waals surface area contributed by atoms with E-state index in [-0.39, 0.29) is 12.1 Å². The normalized spacial score (nSPS) is 19.4. The lowest BCUT2D eigenvalue weighted by atomic mass is 9.94. The highest BCUT2D eigenvalue weighted by Gasteiger charge is 2.22. The van der Waals surface area contributed by atoms with E-state index in [1.807, 2.05) is 0 Å². The monoisotopic (exact) mass is 226 g/mol. The lowest BCUT2D eigenvalue weighted by Crippen LogP contribution is -2.38. The summed E-state index contributed by atoms with van der Waals surface area (Å²) in [6.45, 7) is 0. The maximum absolute atomic E-state index is 11.3. The van der Waals surface area contributed by atoms with Crippen molar-refractivity contribution in [1.82, 2.24) is 10.8 Å². The second kappa shape index (κ2) is 4.63. The number of carbonyl (C=O) groups is 1. The first-order valence-electron chi connectivity index (χ1n) is 4.97. The minimum atomic E-state index is -0.276. The predicted octanol–water partition coefficient (Wildman–Crippen LogP) is 1.99. The van der Waals surface area contributed by atoms with Gasteiger partial charge in [0.25, 0.3) is 0 Å². The zero-order valence-electron chi connectivity index (χ0n) is 8.58. The number of hydrogen-bond acceptors (Lipinski definition) is 3. The quantitative estimate of drug-likeness (QED) is 0.758. The van der Waals surface area contributed by atoms with Gasteiger partial charge in [-0.15, -0.1) is 11.3 Å². The molecule has 1 heterocycles. The molecule has 0 saturated heterocycles. The van der Waals surface area contributed by atoms with E-state index in [2.05, 4.69) is 27.1 Å². The number of nitrogens with one attached hydrogen (secondary N) is 2. The molecule has 1 aliphatic rings. The van der Waals surface area contributed by atoms with Gasteiger partial charge in [0.2, 0.25) is 0 Å². The van der Waals surface area contributed by atoms with Crippen LogP contribution in [0.4, 0.5) is 4.79 Å². The van der Waals surface area contributed by atoms with Crippen molar-refractivity contribution < 1.29 is 9.63 Å². The number of amides is 2. The molecule has 5 heteroatoms. The third-order valence-electron chi connectivity index (χ3n) is 2.55. The maximum atomic E-state index is 11.3. The molecular weight excluding hydrogens is 212 g/mol. The summed E-state index contributed by atoms with van der Waals surface area (Å²) in [5.41, 5.74) is 3.53. The molecule has 2 amide bonds. The highest BCUT2D eigenvalue weighted by molar-refractivity contribution is 7.10. The van der Waals surface area contributed by atoms with Crippen molar-refractivity contribution in [1.29, 1.82) is 0 Å². The van der Waals surface area contributed by atoms with Crippen LogP contribution in [0.25, 0.3) is 0 Å². The van der Waals surface area contributed by atoms with Gasteiger partial charge in [-0.05, 0) is 36.3 Å². The minimum Gasteiger partial charge on any atom is -0.330 e. The van der Waals surface area contributed by atoms with Crippen LogP contribution in [0.5, 0.6) is 0 Å². The second-order valence-electron chi connectivity index (χ2n) is 3.52. The third-order valence-corrected chi connectivity index (χ3v) is 3.55. The summed E-state index contributed by atoms with van der Waals surface area (Å²) in [6.07, 6.45) is 3.27.